The summed E-state index contributed by atoms with van der Waals surface area (Å²) < 4.78 is 42.7. The summed E-state index contributed by atoms with van der Waals surface area (Å²) in [6.45, 7) is 2.52. The first kappa shape index (κ1) is 18.3. The summed E-state index contributed by atoms with van der Waals surface area (Å²) in [4.78, 5) is 26.3. The van der Waals surface area contributed by atoms with Crippen LogP contribution < -0.4 is 5.32 Å². The van der Waals surface area contributed by atoms with Gasteiger partial charge in [0.15, 0.2) is 5.76 Å². The highest BCUT2D eigenvalue weighted by atomic mass is 19.4. The van der Waals surface area contributed by atoms with Crippen molar-refractivity contribution in [2.45, 2.75) is 38.9 Å². The van der Waals surface area contributed by atoms with Gasteiger partial charge < -0.3 is 14.6 Å². The van der Waals surface area contributed by atoms with Crippen LogP contribution in [0, 0.1) is 13.8 Å². The minimum Gasteiger partial charge on any atom is -0.450 e. The van der Waals surface area contributed by atoms with Gasteiger partial charge in [0.2, 0.25) is 5.91 Å². The van der Waals surface area contributed by atoms with E-state index in [0.717, 1.165) is 10.9 Å². The van der Waals surface area contributed by atoms with Crippen LogP contribution in [0.25, 0.3) is 11.0 Å². The zero-order chi connectivity index (χ0) is 19.1. The molecule has 0 bridgehead atoms. The monoisotopic (exact) mass is 368 g/mol. The molecule has 1 aliphatic rings. The molecule has 3 rings (SSSR count). The zero-order valence-corrected chi connectivity index (χ0v) is 14.4. The Kier molecular flexibility index (Phi) is 4.68. The number of nitrogens with zero attached hydrogens (tertiary/aromatic N) is 1. The van der Waals surface area contributed by atoms with Crippen molar-refractivity contribution < 1.29 is 27.2 Å². The Balaban J connectivity index is 1.84. The predicted molar refractivity (Wildman–Crippen MR) is 88.8 cm³/mol. The van der Waals surface area contributed by atoms with E-state index in [9.17, 15) is 22.8 Å². The number of aryl methyl sites for hydroxylation is 2. The van der Waals surface area contributed by atoms with Crippen molar-refractivity contribution in [2.24, 2.45) is 0 Å². The second kappa shape index (κ2) is 6.66. The number of halogens is 3. The van der Waals surface area contributed by atoms with E-state index in [2.05, 4.69) is 0 Å². The first-order valence-electron chi connectivity index (χ1n) is 8.33. The number of alkyl halides is 3. The van der Waals surface area contributed by atoms with Gasteiger partial charge in [-0.2, -0.15) is 13.2 Å². The third-order valence-electron chi connectivity index (χ3n) is 4.63. The van der Waals surface area contributed by atoms with Gasteiger partial charge in [0.1, 0.15) is 18.2 Å². The SMILES string of the molecule is Cc1c(C(=O)N2CCCC2C(=O)NCC(F)(F)F)oc2c(C)cccc12. The molecule has 1 aromatic heterocycles. The molecule has 0 radical (unpaired) electrons. The summed E-state index contributed by atoms with van der Waals surface area (Å²) in [5, 5.41) is 2.67. The fourth-order valence-corrected chi connectivity index (χ4v) is 3.31. The molecule has 2 amide bonds. The van der Waals surface area contributed by atoms with Crippen LogP contribution in [0.15, 0.2) is 22.6 Å². The Labute approximate surface area is 148 Å². The molecule has 0 saturated carbocycles. The van der Waals surface area contributed by atoms with Crippen molar-refractivity contribution in [3.05, 3.63) is 35.1 Å². The number of nitrogens with one attached hydrogen (secondary N) is 1. The molecule has 0 aliphatic carbocycles. The topological polar surface area (TPSA) is 62.6 Å². The number of furan rings is 1. The molecule has 8 heteroatoms. The van der Waals surface area contributed by atoms with E-state index in [1.807, 2.05) is 30.4 Å². The van der Waals surface area contributed by atoms with E-state index in [1.165, 1.54) is 4.90 Å². The maximum Gasteiger partial charge on any atom is 0.405 e. The van der Waals surface area contributed by atoms with Crippen LogP contribution in [0.2, 0.25) is 0 Å². The quantitative estimate of drug-likeness (QED) is 0.904. The average molecular weight is 368 g/mol. The average Bonchev–Trinajstić information content (AvgIpc) is 3.18. The van der Waals surface area contributed by atoms with Gasteiger partial charge in [-0.05, 0) is 32.3 Å². The van der Waals surface area contributed by atoms with Crippen LogP contribution in [0.5, 0.6) is 0 Å². The molecule has 140 valence electrons. The van der Waals surface area contributed by atoms with Gasteiger partial charge in [0, 0.05) is 17.5 Å². The molecule has 1 unspecified atom stereocenters. The fourth-order valence-electron chi connectivity index (χ4n) is 3.31. The van der Waals surface area contributed by atoms with Gasteiger partial charge in [-0.1, -0.05) is 18.2 Å². The van der Waals surface area contributed by atoms with Crippen LogP contribution >= 0.6 is 0 Å². The number of benzene rings is 1. The van der Waals surface area contributed by atoms with E-state index in [1.54, 1.807) is 6.92 Å². The number of rotatable bonds is 3. The van der Waals surface area contributed by atoms with Crippen molar-refractivity contribution in [3.63, 3.8) is 0 Å². The second-order valence-corrected chi connectivity index (χ2v) is 6.50. The maximum absolute atomic E-state index is 12.9. The van der Waals surface area contributed by atoms with Crippen molar-refractivity contribution in [3.8, 4) is 0 Å². The van der Waals surface area contributed by atoms with Crippen LogP contribution in [0.1, 0.15) is 34.5 Å². The number of carbonyl (C=O) groups excluding carboxylic acids is 2. The summed E-state index contributed by atoms with van der Waals surface area (Å²) in [5.41, 5.74) is 2.14. The molecular formula is C18H19F3N2O3. The Morgan fingerprint density at radius 2 is 2.04 bits per heavy atom. The zero-order valence-electron chi connectivity index (χ0n) is 14.4. The highest BCUT2D eigenvalue weighted by Gasteiger charge is 2.38. The van der Waals surface area contributed by atoms with E-state index in [0.29, 0.717) is 30.5 Å². The lowest BCUT2D eigenvalue weighted by Gasteiger charge is -2.23. The van der Waals surface area contributed by atoms with Crippen molar-refractivity contribution in [2.75, 3.05) is 13.1 Å². The molecule has 1 atom stereocenters. The first-order valence-corrected chi connectivity index (χ1v) is 8.33. The normalized spacial score (nSPS) is 17.7. The number of carbonyl (C=O) groups is 2. The molecule has 0 spiro atoms. The summed E-state index contributed by atoms with van der Waals surface area (Å²) in [6, 6.07) is 4.65. The molecule has 2 heterocycles. The van der Waals surface area contributed by atoms with Crippen LogP contribution in [0.3, 0.4) is 0 Å². The van der Waals surface area contributed by atoms with Crippen molar-refractivity contribution in [1.82, 2.24) is 10.2 Å². The van der Waals surface area contributed by atoms with E-state index >= 15 is 0 Å². The largest absolute Gasteiger partial charge is 0.450 e. The molecule has 5 nitrogen and oxygen atoms in total. The van der Waals surface area contributed by atoms with Crippen LogP contribution in [-0.2, 0) is 4.79 Å². The maximum atomic E-state index is 12.9. The molecule has 1 saturated heterocycles. The minimum absolute atomic E-state index is 0.129. The number of hydrogen-bond acceptors (Lipinski definition) is 3. The summed E-state index contributed by atoms with van der Waals surface area (Å²) in [7, 11) is 0. The third-order valence-corrected chi connectivity index (χ3v) is 4.63. The molecule has 26 heavy (non-hydrogen) atoms. The third kappa shape index (κ3) is 3.40. The number of hydrogen-bond donors (Lipinski definition) is 1. The fraction of sp³-hybridized carbons (Fsp3) is 0.444. The van der Waals surface area contributed by atoms with Gasteiger partial charge in [0.05, 0.1) is 0 Å². The first-order chi connectivity index (χ1) is 12.2. The molecular weight excluding hydrogens is 349 g/mol. The lowest BCUT2D eigenvalue weighted by atomic mass is 10.1. The van der Waals surface area contributed by atoms with E-state index in [-0.39, 0.29) is 5.76 Å². The van der Waals surface area contributed by atoms with Crippen molar-refractivity contribution >= 4 is 22.8 Å². The van der Waals surface area contributed by atoms with Crippen molar-refractivity contribution in [1.29, 1.82) is 0 Å². The van der Waals surface area contributed by atoms with Gasteiger partial charge in [-0.15, -0.1) is 0 Å². The number of amides is 2. The lowest BCUT2D eigenvalue weighted by molar-refractivity contribution is -0.140. The Morgan fingerprint density at radius 3 is 2.69 bits per heavy atom. The van der Waals surface area contributed by atoms with E-state index in [4.69, 9.17) is 4.42 Å². The van der Waals surface area contributed by atoms with Gasteiger partial charge >= 0.3 is 6.18 Å². The van der Waals surface area contributed by atoms with Crippen LogP contribution in [-0.4, -0.2) is 42.0 Å². The lowest BCUT2D eigenvalue weighted by Crippen LogP contribution is -2.48. The number of fused-ring (bicyclic) bond motifs is 1. The summed E-state index contributed by atoms with van der Waals surface area (Å²) in [6.07, 6.45) is -3.61. The summed E-state index contributed by atoms with van der Waals surface area (Å²) in [5.74, 6) is -1.13. The van der Waals surface area contributed by atoms with Crippen LogP contribution in [0.4, 0.5) is 13.2 Å². The highest BCUT2D eigenvalue weighted by Crippen LogP contribution is 2.30. The Hall–Kier alpha value is -2.51. The number of likely N-dealkylation sites (tertiary alicyclic amines) is 1. The van der Waals surface area contributed by atoms with Gasteiger partial charge in [-0.25, -0.2) is 0 Å². The second-order valence-electron chi connectivity index (χ2n) is 6.50. The predicted octanol–water partition coefficient (Wildman–Crippen LogP) is 3.33. The molecule has 1 fully saturated rings. The number of para-hydroxylation sites is 1. The Bertz CT molecular complexity index is 857. The summed E-state index contributed by atoms with van der Waals surface area (Å²) >= 11 is 0. The van der Waals surface area contributed by atoms with E-state index < -0.39 is 30.6 Å². The minimum atomic E-state index is -4.49. The highest BCUT2D eigenvalue weighted by molar-refractivity contribution is 6.01. The van der Waals surface area contributed by atoms with Gasteiger partial charge in [-0.3, -0.25) is 9.59 Å². The Morgan fingerprint density at radius 1 is 1.31 bits per heavy atom. The molecule has 1 aromatic carbocycles. The smallest absolute Gasteiger partial charge is 0.405 e. The standard InChI is InChI=1S/C18H19F3N2O3/c1-10-5-3-6-12-11(2)15(26-14(10)12)17(25)23-8-4-7-13(23)16(24)22-9-18(19,20)21/h3,5-6,13H,4,7-9H2,1-2H3,(H,22,24). The molecule has 1 N–H and O–H groups in total. The molecule has 1 aliphatic heterocycles. The van der Waals surface area contributed by atoms with Gasteiger partial charge in [0.25, 0.3) is 5.91 Å². The molecule has 2 aromatic rings.